The van der Waals surface area contributed by atoms with Gasteiger partial charge in [0.1, 0.15) is 12.1 Å². The maximum atomic E-state index is 13.6. The Hall–Kier alpha value is -4.70. The Bertz CT molecular complexity index is 1490. The Labute approximate surface area is 297 Å². The summed E-state index contributed by atoms with van der Waals surface area (Å²) in [7, 11) is 1.51. The number of nitrogens with zero attached hydrogens (tertiary/aromatic N) is 5. The summed E-state index contributed by atoms with van der Waals surface area (Å²) in [5, 5.41) is 11.8. The number of ether oxygens (including phenoxy) is 3. The standard InChI is InChI=1S/C35H49N7O9/c1-3-4-21-49-35(47)51-40-19-17-39(18-20-40)34(46)27(15-22-48-2)37-32(44)28-23-31(42(38-28)26-12-6-5-7-13-26)50-24-30(43)41-16-9-14-29(41)33(45)36-25-10-8-11-25/h5-7,12-13,23,25,27,29H,3-4,8-11,14-22,24H2,1-2H3,(H,36,45)(H,37,44)/t27-,29-/m0/s1. The lowest BCUT2D eigenvalue weighted by Crippen LogP contribution is -2.55. The van der Waals surface area contributed by atoms with E-state index in [9.17, 15) is 24.0 Å². The topological polar surface area (TPSA) is 174 Å². The van der Waals surface area contributed by atoms with Crippen molar-refractivity contribution in [3.63, 3.8) is 0 Å². The van der Waals surface area contributed by atoms with Crippen molar-refractivity contribution in [2.45, 2.75) is 76.4 Å². The molecule has 16 heteroatoms. The first kappa shape index (κ1) is 37.6. The van der Waals surface area contributed by atoms with Gasteiger partial charge in [-0.05, 0) is 57.1 Å². The van der Waals surface area contributed by atoms with E-state index in [0.29, 0.717) is 18.7 Å². The Kier molecular flexibility index (Phi) is 13.6. The van der Waals surface area contributed by atoms with Gasteiger partial charge in [-0.2, -0.15) is 5.10 Å². The third-order valence-electron chi connectivity index (χ3n) is 9.27. The summed E-state index contributed by atoms with van der Waals surface area (Å²) < 4.78 is 17.7. The predicted octanol–water partition coefficient (Wildman–Crippen LogP) is 2.06. The quantitative estimate of drug-likeness (QED) is 0.193. The molecule has 0 bridgehead atoms. The zero-order valence-electron chi connectivity index (χ0n) is 29.4. The number of nitrogens with one attached hydrogen (secondary N) is 2. The van der Waals surface area contributed by atoms with Gasteiger partial charge in [0.05, 0.1) is 25.4 Å². The molecule has 1 saturated carbocycles. The lowest BCUT2D eigenvalue weighted by atomic mass is 9.93. The molecule has 2 aliphatic heterocycles. The number of piperazine rings is 1. The predicted molar refractivity (Wildman–Crippen MR) is 183 cm³/mol. The fourth-order valence-electron chi connectivity index (χ4n) is 6.12. The highest BCUT2D eigenvalue weighted by molar-refractivity contribution is 5.96. The van der Waals surface area contributed by atoms with Crippen molar-refractivity contribution in [1.82, 2.24) is 35.3 Å². The number of amides is 4. The monoisotopic (exact) mass is 711 g/mol. The first-order chi connectivity index (χ1) is 24.8. The number of rotatable bonds is 16. The molecule has 3 aliphatic rings. The first-order valence-electron chi connectivity index (χ1n) is 17.8. The minimum atomic E-state index is -0.921. The van der Waals surface area contributed by atoms with Crippen LogP contribution in [0.3, 0.4) is 0 Å². The van der Waals surface area contributed by atoms with Crippen LogP contribution < -0.4 is 15.4 Å². The van der Waals surface area contributed by atoms with Crippen molar-refractivity contribution in [2.24, 2.45) is 0 Å². The second-order valence-corrected chi connectivity index (χ2v) is 12.9. The van der Waals surface area contributed by atoms with Crippen LogP contribution in [0.5, 0.6) is 5.88 Å². The molecule has 3 fully saturated rings. The van der Waals surface area contributed by atoms with E-state index in [2.05, 4.69) is 15.7 Å². The molecule has 3 heterocycles. The molecule has 278 valence electrons. The normalized spacial score (nSPS) is 18.4. The van der Waals surface area contributed by atoms with Gasteiger partial charge in [-0.25, -0.2) is 9.48 Å². The van der Waals surface area contributed by atoms with Gasteiger partial charge in [-0.15, -0.1) is 5.06 Å². The fourth-order valence-corrected chi connectivity index (χ4v) is 6.12. The molecule has 16 nitrogen and oxygen atoms in total. The number of carbonyl (C=O) groups is 5. The minimum absolute atomic E-state index is 0.0183. The van der Waals surface area contributed by atoms with Gasteiger partial charge in [0.25, 0.3) is 11.8 Å². The molecule has 1 aromatic carbocycles. The van der Waals surface area contributed by atoms with E-state index in [4.69, 9.17) is 19.0 Å². The number of likely N-dealkylation sites (tertiary alicyclic amines) is 1. The summed E-state index contributed by atoms with van der Waals surface area (Å²) >= 11 is 0. The Morgan fingerprint density at radius 3 is 2.41 bits per heavy atom. The summed E-state index contributed by atoms with van der Waals surface area (Å²) in [6.07, 6.45) is 5.40. The maximum absolute atomic E-state index is 13.6. The van der Waals surface area contributed by atoms with E-state index in [1.54, 1.807) is 34.1 Å². The van der Waals surface area contributed by atoms with Crippen LogP contribution in [0, 0.1) is 0 Å². The third kappa shape index (κ3) is 10.2. The van der Waals surface area contributed by atoms with Crippen LogP contribution in [0.1, 0.15) is 68.8 Å². The van der Waals surface area contributed by atoms with Crippen molar-refractivity contribution in [1.29, 1.82) is 0 Å². The number of unbranched alkanes of at least 4 members (excludes halogenated alkanes) is 1. The number of methoxy groups -OCH3 is 1. The van der Waals surface area contributed by atoms with Crippen molar-refractivity contribution < 1.29 is 43.0 Å². The molecule has 5 rings (SSSR count). The second-order valence-electron chi connectivity index (χ2n) is 12.9. The van der Waals surface area contributed by atoms with E-state index in [1.807, 2.05) is 13.0 Å². The first-order valence-corrected chi connectivity index (χ1v) is 17.8. The summed E-state index contributed by atoms with van der Waals surface area (Å²) in [6, 6.07) is 9.16. The zero-order valence-corrected chi connectivity index (χ0v) is 29.4. The van der Waals surface area contributed by atoms with Crippen LogP contribution in [0.25, 0.3) is 5.69 Å². The van der Waals surface area contributed by atoms with Crippen LogP contribution >= 0.6 is 0 Å². The minimum Gasteiger partial charge on any atom is -0.467 e. The van der Waals surface area contributed by atoms with Crippen molar-refractivity contribution in [2.75, 3.05) is 59.7 Å². The number of aromatic nitrogens is 2. The van der Waals surface area contributed by atoms with E-state index >= 15 is 0 Å². The number of para-hydroxylation sites is 1. The molecule has 1 aliphatic carbocycles. The second kappa shape index (κ2) is 18.5. The SMILES string of the molecule is CCCCOC(=O)ON1CCN(C(=O)[C@H](CCOC)NC(=O)c2cc(OCC(=O)N3CCC[C@H]3C(=O)NC3CCC3)n(-c3ccccc3)n2)CC1. The van der Waals surface area contributed by atoms with Gasteiger partial charge in [-0.1, -0.05) is 31.5 Å². The molecule has 0 unspecified atom stereocenters. The average Bonchev–Trinajstić information content (AvgIpc) is 3.79. The fraction of sp³-hybridized carbons (Fsp3) is 0.600. The lowest BCUT2D eigenvalue weighted by molar-refractivity contribution is -0.158. The Morgan fingerprint density at radius 2 is 1.73 bits per heavy atom. The third-order valence-corrected chi connectivity index (χ3v) is 9.27. The Balaban J connectivity index is 1.22. The van der Waals surface area contributed by atoms with Crippen LogP contribution in [-0.4, -0.2) is 132 Å². The molecule has 0 radical (unpaired) electrons. The largest absolute Gasteiger partial charge is 0.527 e. The number of hydrogen-bond acceptors (Lipinski definition) is 11. The molecular formula is C35H49N7O9. The van der Waals surface area contributed by atoms with Crippen molar-refractivity contribution in [3.8, 4) is 11.6 Å². The van der Waals surface area contributed by atoms with E-state index in [-0.39, 0.29) is 87.8 Å². The molecule has 51 heavy (non-hydrogen) atoms. The summed E-state index contributed by atoms with van der Waals surface area (Å²) in [4.78, 5) is 73.8. The molecular weight excluding hydrogens is 662 g/mol. The van der Waals surface area contributed by atoms with Gasteiger partial charge in [0, 0.05) is 45.5 Å². The maximum Gasteiger partial charge on any atom is 0.527 e. The molecule has 2 aromatic rings. The number of hydrogen-bond donors (Lipinski definition) is 2. The summed E-state index contributed by atoms with van der Waals surface area (Å²) in [5.74, 6) is -1.24. The molecule has 0 spiro atoms. The number of benzene rings is 1. The van der Waals surface area contributed by atoms with E-state index < -0.39 is 24.1 Å². The Morgan fingerprint density at radius 1 is 0.961 bits per heavy atom. The van der Waals surface area contributed by atoms with Crippen LogP contribution in [0.15, 0.2) is 36.4 Å². The number of carbonyl (C=O) groups excluding carboxylic acids is 5. The van der Waals surface area contributed by atoms with Crippen LogP contribution in [0.2, 0.25) is 0 Å². The van der Waals surface area contributed by atoms with Crippen LogP contribution in [-0.2, 0) is 28.7 Å². The van der Waals surface area contributed by atoms with Crippen molar-refractivity contribution >= 4 is 29.8 Å². The molecule has 4 amide bonds. The highest BCUT2D eigenvalue weighted by Crippen LogP contribution is 2.24. The smallest absolute Gasteiger partial charge is 0.467 e. The average molecular weight is 712 g/mol. The molecule has 2 atom stereocenters. The molecule has 2 N–H and O–H groups in total. The van der Waals surface area contributed by atoms with Gasteiger partial charge in [0.15, 0.2) is 12.3 Å². The number of hydroxylamine groups is 2. The van der Waals surface area contributed by atoms with Crippen LogP contribution in [0.4, 0.5) is 4.79 Å². The molecule has 2 saturated heterocycles. The highest BCUT2D eigenvalue weighted by atomic mass is 16.8. The lowest BCUT2D eigenvalue weighted by Gasteiger charge is -2.35. The van der Waals surface area contributed by atoms with Gasteiger partial charge in [0.2, 0.25) is 17.7 Å². The van der Waals surface area contributed by atoms with E-state index in [0.717, 1.165) is 38.5 Å². The van der Waals surface area contributed by atoms with Gasteiger partial charge < -0.3 is 39.5 Å². The molecule has 1 aromatic heterocycles. The summed E-state index contributed by atoms with van der Waals surface area (Å²) in [6.45, 7) is 3.70. The van der Waals surface area contributed by atoms with Gasteiger partial charge in [-0.3, -0.25) is 19.2 Å². The van der Waals surface area contributed by atoms with Gasteiger partial charge >= 0.3 is 6.16 Å². The zero-order chi connectivity index (χ0) is 36.2. The van der Waals surface area contributed by atoms with E-state index in [1.165, 1.54) is 22.9 Å². The summed E-state index contributed by atoms with van der Waals surface area (Å²) in [5.41, 5.74) is 0.578. The van der Waals surface area contributed by atoms with Crippen molar-refractivity contribution in [3.05, 3.63) is 42.1 Å². The highest BCUT2D eigenvalue weighted by Gasteiger charge is 2.36.